The Kier molecular flexibility index (Phi) is 3.65. The first-order valence-electron chi connectivity index (χ1n) is 6.34. The van der Waals surface area contributed by atoms with Gasteiger partial charge in [0.05, 0.1) is 6.61 Å². The van der Waals surface area contributed by atoms with E-state index in [0.717, 1.165) is 4.47 Å². The van der Waals surface area contributed by atoms with E-state index in [9.17, 15) is 15.3 Å². The Bertz CT molecular complexity index is 673. The summed E-state index contributed by atoms with van der Waals surface area (Å²) in [7, 11) is 0. The molecule has 1 heterocycles. The van der Waals surface area contributed by atoms with Crippen molar-refractivity contribution in [3.63, 3.8) is 0 Å². The molecule has 0 radical (unpaired) electrons. The highest BCUT2D eigenvalue weighted by molar-refractivity contribution is 9.10. The minimum Gasteiger partial charge on any atom is -0.504 e. The number of hydrogen-bond donors (Lipinski definition) is 3. The van der Waals surface area contributed by atoms with Gasteiger partial charge >= 0.3 is 0 Å². The molecule has 0 bridgehead atoms. The lowest BCUT2D eigenvalue weighted by Gasteiger charge is -2.33. The van der Waals surface area contributed by atoms with Crippen molar-refractivity contribution < 1.29 is 24.8 Å². The number of ether oxygens (including phenoxy) is 2. The smallest absolute Gasteiger partial charge is 0.163 e. The number of rotatable bonds is 2. The quantitative estimate of drug-likeness (QED) is 0.724. The highest BCUT2D eigenvalue weighted by atomic mass is 79.9. The van der Waals surface area contributed by atoms with E-state index in [0.29, 0.717) is 17.1 Å². The number of hydrogen-bond acceptors (Lipinski definition) is 5. The molecule has 0 fully saturated rings. The molecule has 1 aliphatic rings. The first-order valence-corrected chi connectivity index (χ1v) is 7.13. The Balaban J connectivity index is 1.99. The molecule has 1 aliphatic heterocycles. The molecule has 2 aromatic carbocycles. The molecule has 0 spiro atoms. The molecule has 0 unspecified atom stereocenters. The van der Waals surface area contributed by atoms with Gasteiger partial charge in [0.2, 0.25) is 0 Å². The van der Waals surface area contributed by atoms with Crippen LogP contribution in [0.3, 0.4) is 0 Å². The summed E-state index contributed by atoms with van der Waals surface area (Å²) in [6.45, 7) is -0.234. The molecule has 2 atom stereocenters. The summed E-state index contributed by atoms with van der Waals surface area (Å²) in [4.78, 5) is 0. The first kappa shape index (κ1) is 14.0. The van der Waals surface area contributed by atoms with Crippen molar-refractivity contribution in [2.24, 2.45) is 0 Å². The van der Waals surface area contributed by atoms with Crippen LogP contribution in [-0.4, -0.2) is 28.0 Å². The van der Waals surface area contributed by atoms with E-state index in [1.165, 1.54) is 12.1 Å². The van der Waals surface area contributed by atoms with Crippen LogP contribution in [0, 0.1) is 0 Å². The molecule has 3 N–H and O–H groups in total. The number of aromatic hydroxyl groups is 2. The molecule has 110 valence electrons. The molecule has 2 aromatic rings. The third-order valence-corrected chi connectivity index (χ3v) is 3.78. The Labute approximate surface area is 129 Å². The molecule has 0 aliphatic carbocycles. The number of aliphatic hydroxyl groups is 1. The number of halogens is 1. The maximum atomic E-state index is 9.61. The summed E-state index contributed by atoms with van der Waals surface area (Å²) < 4.78 is 12.5. The summed E-state index contributed by atoms with van der Waals surface area (Å²) in [6, 6.07) is 9.74. The van der Waals surface area contributed by atoms with Crippen LogP contribution in [0.1, 0.15) is 11.7 Å². The Morgan fingerprint density at radius 3 is 2.48 bits per heavy atom. The van der Waals surface area contributed by atoms with Gasteiger partial charge in [-0.3, -0.25) is 0 Å². The monoisotopic (exact) mass is 352 g/mol. The lowest BCUT2D eigenvalue weighted by molar-refractivity contribution is -0.0124. The van der Waals surface area contributed by atoms with Crippen molar-refractivity contribution in [3.05, 3.63) is 46.4 Å². The number of phenolic OH excluding ortho intramolecular Hbond substituents is 2. The van der Waals surface area contributed by atoms with Crippen molar-refractivity contribution >= 4 is 15.9 Å². The molecule has 3 rings (SSSR count). The first-order chi connectivity index (χ1) is 10.1. The van der Waals surface area contributed by atoms with Crippen LogP contribution in [0.2, 0.25) is 0 Å². The second kappa shape index (κ2) is 5.46. The van der Waals surface area contributed by atoms with Crippen LogP contribution in [0.5, 0.6) is 23.0 Å². The van der Waals surface area contributed by atoms with Gasteiger partial charge in [-0.1, -0.05) is 22.0 Å². The molecule has 21 heavy (non-hydrogen) atoms. The highest BCUT2D eigenvalue weighted by Gasteiger charge is 2.33. The Hall–Kier alpha value is -1.92. The Morgan fingerprint density at radius 2 is 1.76 bits per heavy atom. The van der Waals surface area contributed by atoms with E-state index in [1.807, 2.05) is 6.07 Å². The summed E-state index contributed by atoms with van der Waals surface area (Å²) in [5.41, 5.74) is 0.606. The van der Waals surface area contributed by atoms with Gasteiger partial charge in [-0.15, -0.1) is 0 Å². The molecule has 6 heteroatoms. The van der Waals surface area contributed by atoms with E-state index >= 15 is 0 Å². The summed E-state index contributed by atoms with van der Waals surface area (Å²) >= 11 is 3.36. The van der Waals surface area contributed by atoms with E-state index in [1.54, 1.807) is 18.2 Å². The summed E-state index contributed by atoms with van der Waals surface area (Å²) in [6.07, 6.45) is -1.18. The van der Waals surface area contributed by atoms with Gasteiger partial charge in [0, 0.05) is 10.0 Å². The fourth-order valence-corrected chi connectivity index (χ4v) is 2.58. The van der Waals surface area contributed by atoms with E-state index < -0.39 is 12.2 Å². The van der Waals surface area contributed by atoms with Crippen molar-refractivity contribution in [1.82, 2.24) is 0 Å². The van der Waals surface area contributed by atoms with Gasteiger partial charge in [0.15, 0.2) is 35.2 Å². The average molecular weight is 353 g/mol. The predicted molar refractivity (Wildman–Crippen MR) is 78.8 cm³/mol. The third kappa shape index (κ3) is 2.64. The van der Waals surface area contributed by atoms with Gasteiger partial charge in [0.25, 0.3) is 0 Å². The molecule has 0 saturated heterocycles. The minimum atomic E-state index is -0.595. The van der Waals surface area contributed by atoms with Crippen molar-refractivity contribution in [3.8, 4) is 23.0 Å². The van der Waals surface area contributed by atoms with E-state index in [4.69, 9.17) is 9.47 Å². The molecular formula is C15H13BrO5. The maximum absolute atomic E-state index is 9.61. The molecule has 0 amide bonds. The molecule has 0 saturated carbocycles. The highest BCUT2D eigenvalue weighted by Crippen LogP contribution is 2.42. The molecular weight excluding hydrogens is 340 g/mol. The van der Waals surface area contributed by atoms with Crippen LogP contribution in [-0.2, 0) is 0 Å². The van der Waals surface area contributed by atoms with Crippen LogP contribution < -0.4 is 9.47 Å². The topological polar surface area (TPSA) is 79.2 Å². The average Bonchev–Trinajstić information content (AvgIpc) is 2.48. The van der Waals surface area contributed by atoms with Crippen LogP contribution in [0.15, 0.2) is 40.9 Å². The summed E-state index contributed by atoms with van der Waals surface area (Å²) in [5, 5.41) is 28.5. The van der Waals surface area contributed by atoms with Gasteiger partial charge < -0.3 is 24.8 Å². The maximum Gasteiger partial charge on any atom is 0.163 e. The zero-order chi connectivity index (χ0) is 15.0. The fourth-order valence-electron chi connectivity index (χ4n) is 2.24. The standard InChI is InChI=1S/C15H13BrO5/c16-9-2-4-12-13(6-9)21-15(14(7-17)20-12)8-1-3-10(18)11(19)5-8/h1-6,14-15,17-19H,7H2/t14-,15-/m0/s1. The SMILES string of the molecule is OC[C@@H]1Oc2ccc(Br)cc2O[C@H]1c1ccc(O)c(O)c1. The number of phenols is 2. The fraction of sp³-hybridized carbons (Fsp3) is 0.200. The third-order valence-electron chi connectivity index (χ3n) is 3.28. The second-order valence-corrected chi connectivity index (χ2v) is 5.63. The van der Waals surface area contributed by atoms with Gasteiger partial charge in [-0.25, -0.2) is 0 Å². The van der Waals surface area contributed by atoms with Gasteiger partial charge in [0.1, 0.15) is 0 Å². The lowest BCUT2D eigenvalue weighted by Crippen LogP contribution is -2.36. The Morgan fingerprint density at radius 1 is 0.952 bits per heavy atom. The predicted octanol–water partition coefficient (Wildman–Crippen LogP) is 2.73. The van der Waals surface area contributed by atoms with Crippen LogP contribution in [0.25, 0.3) is 0 Å². The van der Waals surface area contributed by atoms with Gasteiger partial charge in [-0.2, -0.15) is 0 Å². The summed E-state index contributed by atoms with van der Waals surface area (Å²) in [5.74, 6) is 0.648. The van der Waals surface area contributed by atoms with Crippen LogP contribution >= 0.6 is 15.9 Å². The molecule has 5 nitrogen and oxygen atoms in total. The second-order valence-electron chi connectivity index (χ2n) is 4.72. The van der Waals surface area contributed by atoms with E-state index in [2.05, 4.69) is 15.9 Å². The largest absolute Gasteiger partial charge is 0.504 e. The van der Waals surface area contributed by atoms with E-state index in [-0.39, 0.29) is 18.1 Å². The van der Waals surface area contributed by atoms with Crippen molar-refractivity contribution in [1.29, 1.82) is 0 Å². The van der Waals surface area contributed by atoms with Crippen molar-refractivity contribution in [2.45, 2.75) is 12.2 Å². The number of fused-ring (bicyclic) bond motifs is 1. The van der Waals surface area contributed by atoms with Crippen molar-refractivity contribution in [2.75, 3.05) is 6.61 Å². The van der Waals surface area contributed by atoms with Crippen LogP contribution in [0.4, 0.5) is 0 Å². The minimum absolute atomic E-state index is 0.209. The zero-order valence-corrected chi connectivity index (χ0v) is 12.4. The number of benzene rings is 2. The van der Waals surface area contributed by atoms with Gasteiger partial charge in [-0.05, 0) is 30.3 Å². The normalized spacial score (nSPS) is 20.3. The number of aliphatic hydroxyl groups excluding tert-OH is 1. The lowest BCUT2D eigenvalue weighted by atomic mass is 10.0. The zero-order valence-electron chi connectivity index (χ0n) is 10.9. The molecule has 0 aromatic heterocycles.